The second-order valence-electron chi connectivity index (χ2n) is 9.63. The molecule has 196 valence electrons. The number of benzene rings is 1. The third kappa shape index (κ3) is 7.36. The zero-order chi connectivity index (χ0) is 24.8. The van der Waals surface area contributed by atoms with Crippen molar-refractivity contribution in [3.8, 4) is 0 Å². The van der Waals surface area contributed by atoms with Crippen LogP contribution in [0.1, 0.15) is 44.4 Å². The molecule has 0 spiro atoms. The number of nitrogens with one attached hydrogen (secondary N) is 1. The van der Waals surface area contributed by atoms with Gasteiger partial charge in [-0.2, -0.15) is 0 Å². The van der Waals surface area contributed by atoms with E-state index in [1.165, 1.54) is 17.3 Å². The lowest BCUT2D eigenvalue weighted by Crippen LogP contribution is -2.47. The topological polar surface area (TPSA) is 77.8 Å². The molecule has 9 heteroatoms. The molecule has 8 nitrogen and oxygen atoms in total. The van der Waals surface area contributed by atoms with Crippen LogP contribution in [0.15, 0.2) is 36.4 Å². The van der Waals surface area contributed by atoms with Crippen LogP contribution in [0.5, 0.6) is 0 Å². The maximum absolute atomic E-state index is 11.0. The summed E-state index contributed by atoms with van der Waals surface area (Å²) in [5, 5.41) is 14.4. The van der Waals surface area contributed by atoms with Gasteiger partial charge in [0, 0.05) is 57.1 Å². The fourth-order valence-corrected chi connectivity index (χ4v) is 5.23. The highest BCUT2D eigenvalue weighted by Gasteiger charge is 2.22. The summed E-state index contributed by atoms with van der Waals surface area (Å²) >= 11 is 5.76. The molecule has 0 aliphatic carbocycles. The zero-order valence-electron chi connectivity index (χ0n) is 20.8. The Bertz CT molecular complexity index is 1020. The summed E-state index contributed by atoms with van der Waals surface area (Å²) in [6.07, 6.45) is 4.04. The number of nitro groups is 1. The van der Waals surface area contributed by atoms with Gasteiger partial charge in [-0.1, -0.05) is 37.3 Å². The van der Waals surface area contributed by atoms with Gasteiger partial charge in [-0.05, 0) is 64.3 Å². The average Bonchev–Trinajstić information content (AvgIpc) is 2.85. The maximum atomic E-state index is 11.0. The van der Waals surface area contributed by atoms with Crippen LogP contribution in [0.25, 0.3) is 0 Å². The molecule has 1 N–H and O–H groups in total. The van der Waals surface area contributed by atoms with Gasteiger partial charge in [-0.3, -0.25) is 15.0 Å². The van der Waals surface area contributed by atoms with Gasteiger partial charge in [0.25, 0.3) is 5.69 Å². The van der Waals surface area contributed by atoms with E-state index in [1.807, 2.05) is 0 Å². The van der Waals surface area contributed by atoms with Crippen molar-refractivity contribution in [3.05, 3.63) is 57.8 Å². The highest BCUT2D eigenvalue weighted by molar-refractivity contribution is 7.80. The number of thiocarbonyl (C=S) groups is 1. The summed E-state index contributed by atoms with van der Waals surface area (Å²) in [4.78, 5) is 23.4. The van der Waals surface area contributed by atoms with E-state index in [0.717, 1.165) is 76.5 Å². The Morgan fingerprint density at radius 2 is 1.72 bits per heavy atom. The molecule has 1 aromatic heterocycles. The predicted octanol–water partition coefficient (Wildman–Crippen LogP) is 5.05. The molecule has 4 rings (SSSR count). The minimum Gasteiger partial charge on any atom is -0.369 e. The summed E-state index contributed by atoms with van der Waals surface area (Å²) in [7, 11) is 0. The summed E-state index contributed by atoms with van der Waals surface area (Å²) in [6, 6.07) is 12.4. The quantitative estimate of drug-likeness (QED) is 0.299. The number of anilines is 2. The number of likely N-dealkylation sites (tertiary alicyclic amines) is 1. The van der Waals surface area contributed by atoms with E-state index in [9.17, 15) is 10.1 Å². The van der Waals surface area contributed by atoms with Crippen molar-refractivity contribution in [2.24, 2.45) is 0 Å². The Morgan fingerprint density at radius 1 is 1.06 bits per heavy atom. The molecule has 0 saturated carbocycles. The molecule has 0 radical (unpaired) electrons. The number of aromatic nitrogens is 1. The first-order valence-corrected chi connectivity index (χ1v) is 13.0. The fraction of sp³-hybridized carbons (Fsp3) is 0.556. The van der Waals surface area contributed by atoms with Crippen molar-refractivity contribution >= 4 is 34.4 Å². The molecule has 2 fully saturated rings. The summed E-state index contributed by atoms with van der Waals surface area (Å²) < 4.78 is 0. The number of rotatable bonds is 8. The molecule has 0 amide bonds. The molecule has 2 aliphatic heterocycles. The molecular formula is C27H40N6O2S. The Hall–Kier alpha value is -2.78. The van der Waals surface area contributed by atoms with E-state index < -0.39 is 4.92 Å². The maximum Gasteiger partial charge on any atom is 0.290 e. The van der Waals surface area contributed by atoms with Crippen molar-refractivity contribution in [3.63, 3.8) is 0 Å². The lowest BCUT2D eigenvalue weighted by atomic mass is 10.0. The molecule has 0 unspecified atom stereocenters. The van der Waals surface area contributed by atoms with Gasteiger partial charge in [-0.15, -0.1) is 0 Å². The molecule has 0 bridgehead atoms. The Labute approximate surface area is 220 Å². The third-order valence-electron chi connectivity index (χ3n) is 7.09. The highest BCUT2D eigenvalue weighted by Crippen LogP contribution is 2.22. The van der Waals surface area contributed by atoms with E-state index in [0.29, 0.717) is 17.6 Å². The van der Waals surface area contributed by atoms with Gasteiger partial charge in [0.05, 0.1) is 9.91 Å². The van der Waals surface area contributed by atoms with Crippen LogP contribution in [0, 0.1) is 24.0 Å². The molecule has 2 aliphatic rings. The van der Waals surface area contributed by atoms with Crippen LogP contribution >= 0.6 is 12.2 Å². The number of pyridine rings is 1. The van der Waals surface area contributed by atoms with Crippen LogP contribution in [0.2, 0.25) is 0 Å². The second-order valence-corrected chi connectivity index (χ2v) is 10.1. The van der Waals surface area contributed by atoms with Gasteiger partial charge < -0.3 is 15.1 Å². The lowest BCUT2D eigenvalue weighted by molar-refractivity contribution is -0.385. The van der Waals surface area contributed by atoms with Crippen LogP contribution in [0.3, 0.4) is 0 Å². The number of hydrogen-bond donors (Lipinski definition) is 1. The van der Waals surface area contributed by atoms with Crippen molar-refractivity contribution in [2.45, 2.75) is 53.0 Å². The standard InChI is InChI=1S/C26H36N6O2S.CH4/c1-20-5-7-23(8-6-20)30-18-16-29(17-19-30)13-3-4-26(35)31-14-11-22(12-15-31)28-25-10-9-24(32(33)34)21(2)27-25;/h5-10,22H,3-4,11-19H2,1-2H3,(H,27,28);1H4. The normalized spacial score (nSPS) is 16.9. The molecule has 36 heavy (non-hydrogen) atoms. The smallest absolute Gasteiger partial charge is 0.290 e. The number of piperazine rings is 1. The third-order valence-corrected chi connectivity index (χ3v) is 7.55. The average molecular weight is 513 g/mol. The summed E-state index contributed by atoms with van der Waals surface area (Å²) in [5.74, 6) is 0.705. The summed E-state index contributed by atoms with van der Waals surface area (Å²) in [6.45, 7) is 11.2. The Morgan fingerprint density at radius 3 is 2.33 bits per heavy atom. The van der Waals surface area contributed by atoms with E-state index >= 15 is 0 Å². The molecule has 0 atom stereocenters. The second kappa shape index (κ2) is 13.0. The first-order chi connectivity index (χ1) is 16.9. The first kappa shape index (κ1) is 27.8. The number of hydrogen-bond acceptors (Lipinski definition) is 7. The minimum atomic E-state index is -0.392. The van der Waals surface area contributed by atoms with Gasteiger partial charge >= 0.3 is 0 Å². The van der Waals surface area contributed by atoms with Gasteiger partial charge in [-0.25, -0.2) is 4.98 Å². The van der Waals surface area contributed by atoms with Crippen molar-refractivity contribution in [2.75, 3.05) is 56.0 Å². The number of aryl methyl sites for hydroxylation is 2. The number of piperidine rings is 1. The predicted molar refractivity (Wildman–Crippen MR) is 152 cm³/mol. The van der Waals surface area contributed by atoms with Crippen molar-refractivity contribution < 1.29 is 4.92 Å². The molecule has 2 aromatic rings. The minimum absolute atomic E-state index is 0. The van der Waals surface area contributed by atoms with Crippen LogP contribution in [0.4, 0.5) is 17.2 Å². The summed E-state index contributed by atoms with van der Waals surface area (Å²) in [5.41, 5.74) is 3.13. The van der Waals surface area contributed by atoms with Gasteiger partial charge in [0.1, 0.15) is 11.5 Å². The highest BCUT2D eigenvalue weighted by atomic mass is 32.1. The SMILES string of the molecule is C.Cc1ccc(N2CCN(CCCC(=S)N3CCC(Nc4ccc([N+](=O)[O-])c(C)n4)CC3)CC2)cc1. The van der Waals surface area contributed by atoms with Gasteiger partial charge in [0.2, 0.25) is 0 Å². The lowest BCUT2D eigenvalue weighted by Gasteiger charge is -2.37. The first-order valence-electron chi connectivity index (χ1n) is 12.6. The monoisotopic (exact) mass is 512 g/mol. The van der Waals surface area contributed by atoms with E-state index in [-0.39, 0.29) is 13.1 Å². The van der Waals surface area contributed by atoms with E-state index in [1.54, 1.807) is 13.0 Å². The molecule has 1 aromatic carbocycles. The van der Waals surface area contributed by atoms with E-state index in [4.69, 9.17) is 12.2 Å². The number of nitrogens with zero attached hydrogens (tertiary/aromatic N) is 5. The van der Waals surface area contributed by atoms with Gasteiger partial charge in [0.15, 0.2) is 0 Å². The fourth-order valence-electron chi connectivity index (χ4n) is 4.91. The molecule has 3 heterocycles. The van der Waals surface area contributed by atoms with Crippen LogP contribution in [-0.2, 0) is 0 Å². The largest absolute Gasteiger partial charge is 0.369 e. The zero-order valence-corrected chi connectivity index (χ0v) is 21.6. The van der Waals surface area contributed by atoms with Crippen molar-refractivity contribution in [1.29, 1.82) is 0 Å². The Kier molecular flexibility index (Phi) is 10.0. The molecule has 2 saturated heterocycles. The van der Waals surface area contributed by atoms with Crippen LogP contribution in [-0.4, -0.2) is 76.6 Å². The Balaban J connectivity index is 0.00000361. The van der Waals surface area contributed by atoms with Crippen molar-refractivity contribution in [1.82, 2.24) is 14.8 Å². The molecular weight excluding hydrogens is 472 g/mol. The van der Waals surface area contributed by atoms with E-state index in [2.05, 4.69) is 56.2 Å². The van der Waals surface area contributed by atoms with Crippen LogP contribution < -0.4 is 10.2 Å².